The summed E-state index contributed by atoms with van der Waals surface area (Å²) in [5.41, 5.74) is 0.807. The Morgan fingerprint density at radius 3 is 2.77 bits per heavy atom. The van der Waals surface area contributed by atoms with Crippen LogP contribution < -0.4 is 0 Å². The molecule has 0 unspecified atom stereocenters. The molecule has 0 spiro atoms. The molecule has 0 atom stereocenters. The first-order chi connectivity index (χ1) is 6.09. The van der Waals surface area contributed by atoms with Gasteiger partial charge in [0.05, 0.1) is 4.91 Å². The number of carboxylic acids is 1. The Bertz CT molecular complexity index is 360. The van der Waals surface area contributed by atoms with E-state index in [-0.39, 0.29) is 4.91 Å². The van der Waals surface area contributed by atoms with Gasteiger partial charge in [0.2, 0.25) is 0 Å². The van der Waals surface area contributed by atoms with Crippen LogP contribution in [0, 0.1) is 0 Å². The van der Waals surface area contributed by atoms with Crippen molar-refractivity contribution in [2.75, 3.05) is 0 Å². The summed E-state index contributed by atoms with van der Waals surface area (Å²) in [5, 5.41) is 8.56. The molecule has 0 amide bonds. The van der Waals surface area contributed by atoms with Gasteiger partial charge in [-0.1, -0.05) is 28.1 Å². The van der Waals surface area contributed by atoms with Crippen LogP contribution in [0.25, 0.3) is 6.08 Å². The fraction of sp³-hybridized carbons (Fsp3) is 0. The summed E-state index contributed by atoms with van der Waals surface area (Å²) in [4.78, 5) is 10.5. The van der Waals surface area contributed by atoms with Gasteiger partial charge in [-0.25, -0.2) is 4.79 Å². The average Bonchev–Trinajstić information content (AvgIpc) is 2.04. The molecule has 1 rings (SSSR count). The van der Waals surface area contributed by atoms with Crippen molar-refractivity contribution in [3.63, 3.8) is 0 Å². The van der Waals surface area contributed by atoms with Gasteiger partial charge >= 0.3 is 5.97 Å². The summed E-state index contributed by atoms with van der Waals surface area (Å²) in [6.45, 7) is 0. The topological polar surface area (TPSA) is 37.3 Å². The summed E-state index contributed by atoms with van der Waals surface area (Å²) in [5.74, 6) is -1.02. The van der Waals surface area contributed by atoms with E-state index in [0.717, 1.165) is 10.0 Å². The molecule has 1 N–H and O–H groups in total. The van der Waals surface area contributed by atoms with Crippen LogP contribution in [0.5, 0.6) is 0 Å². The standard InChI is InChI=1S/C9H7BrO2S/c10-7-3-1-2-6(4-7)5-8(13)9(11)12/h1-5,13H,(H,11,12)/b8-5-. The van der Waals surface area contributed by atoms with E-state index in [0.29, 0.717) is 0 Å². The van der Waals surface area contributed by atoms with Gasteiger partial charge < -0.3 is 5.11 Å². The number of benzene rings is 1. The largest absolute Gasteiger partial charge is 0.477 e. The highest BCUT2D eigenvalue weighted by Crippen LogP contribution is 2.15. The van der Waals surface area contributed by atoms with E-state index in [4.69, 9.17) is 5.11 Å². The number of carbonyl (C=O) groups is 1. The quantitative estimate of drug-likeness (QED) is 0.633. The zero-order valence-electron chi connectivity index (χ0n) is 6.57. The molecular formula is C9H7BrO2S. The highest BCUT2D eigenvalue weighted by atomic mass is 79.9. The Balaban J connectivity index is 2.97. The van der Waals surface area contributed by atoms with E-state index in [1.165, 1.54) is 6.08 Å². The highest BCUT2D eigenvalue weighted by Gasteiger charge is 2.00. The zero-order chi connectivity index (χ0) is 9.84. The molecule has 0 fully saturated rings. The van der Waals surface area contributed by atoms with Crippen molar-refractivity contribution in [1.29, 1.82) is 0 Å². The molecule has 0 aliphatic rings. The van der Waals surface area contributed by atoms with Gasteiger partial charge in [0.25, 0.3) is 0 Å². The molecule has 4 heteroatoms. The van der Waals surface area contributed by atoms with Gasteiger partial charge in [-0.3, -0.25) is 0 Å². The Kier molecular flexibility index (Phi) is 3.57. The first-order valence-corrected chi connectivity index (χ1v) is 4.73. The molecule has 0 aliphatic heterocycles. The van der Waals surface area contributed by atoms with E-state index in [2.05, 4.69) is 28.6 Å². The van der Waals surface area contributed by atoms with Crippen molar-refractivity contribution < 1.29 is 9.90 Å². The predicted octanol–water partition coefficient (Wildman–Crippen LogP) is 2.80. The Morgan fingerprint density at radius 1 is 1.54 bits per heavy atom. The third-order valence-electron chi connectivity index (χ3n) is 1.37. The van der Waals surface area contributed by atoms with Gasteiger partial charge in [-0.05, 0) is 23.8 Å². The van der Waals surface area contributed by atoms with E-state index < -0.39 is 5.97 Å². The van der Waals surface area contributed by atoms with Crippen LogP contribution in [-0.4, -0.2) is 11.1 Å². The minimum Gasteiger partial charge on any atom is -0.477 e. The second kappa shape index (κ2) is 4.48. The fourth-order valence-corrected chi connectivity index (χ4v) is 1.38. The van der Waals surface area contributed by atoms with Crippen LogP contribution in [0.1, 0.15) is 5.56 Å². The van der Waals surface area contributed by atoms with Gasteiger partial charge in [0, 0.05) is 4.47 Å². The van der Waals surface area contributed by atoms with E-state index in [9.17, 15) is 4.79 Å². The van der Waals surface area contributed by atoms with Crippen LogP contribution in [0.2, 0.25) is 0 Å². The van der Waals surface area contributed by atoms with E-state index in [1.807, 2.05) is 24.3 Å². The number of hydrogen-bond acceptors (Lipinski definition) is 2. The molecule has 0 aromatic heterocycles. The second-order valence-electron chi connectivity index (χ2n) is 2.39. The maximum Gasteiger partial charge on any atom is 0.341 e. The molecule has 13 heavy (non-hydrogen) atoms. The van der Waals surface area contributed by atoms with Crippen molar-refractivity contribution in [2.45, 2.75) is 0 Å². The van der Waals surface area contributed by atoms with Crippen molar-refractivity contribution >= 4 is 40.6 Å². The molecule has 0 radical (unpaired) electrons. The van der Waals surface area contributed by atoms with Gasteiger partial charge in [0.15, 0.2) is 0 Å². The summed E-state index contributed by atoms with van der Waals surface area (Å²) < 4.78 is 0.910. The number of thiol groups is 1. The third kappa shape index (κ3) is 3.24. The zero-order valence-corrected chi connectivity index (χ0v) is 9.05. The molecule has 1 aromatic carbocycles. The maximum absolute atomic E-state index is 10.4. The van der Waals surface area contributed by atoms with Crippen LogP contribution in [0.4, 0.5) is 0 Å². The molecular weight excluding hydrogens is 252 g/mol. The Morgan fingerprint density at radius 2 is 2.23 bits per heavy atom. The molecule has 0 aliphatic carbocycles. The number of aliphatic carboxylic acids is 1. The lowest BCUT2D eigenvalue weighted by atomic mass is 10.2. The predicted molar refractivity (Wildman–Crippen MR) is 58.7 cm³/mol. The summed E-state index contributed by atoms with van der Waals surface area (Å²) >= 11 is 7.10. The van der Waals surface area contributed by atoms with Crippen molar-refractivity contribution in [3.8, 4) is 0 Å². The number of hydrogen-bond donors (Lipinski definition) is 2. The van der Waals surface area contributed by atoms with Crippen molar-refractivity contribution in [3.05, 3.63) is 39.2 Å². The van der Waals surface area contributed by atoms with Crippen molar-refractivity contribution in [1.82, 2.24) is 0 Å². The minimum absolute atomic E-state index is 0.0260. The summed E-state index contributed by atoms with van der Waals surface area (Å²) in [7, 11) is 0. The molecule has 2 nitrogen and oxygen atoms in total. The Hall–Kier alpha value is -0.740. The highest BCUT2D eigenvalue weighted by molar-refractivity contribution is 9.10. The fourth-order valence-electron chi connectivity index (χ4n) is 0.816. The first kappa shape index (κ1) is 10.3. The molecule has 0 heterocycles. The van der Waals surface area contributed by atoms with E-state index in [1.54, 1.807) is 0 Å². The monoisotopic (exact) mass is 258 g/mol. The number of carboxylic acid groups (broad SMARTS) is 1. The lowest BCUT2D eigenvalue weighted by molar-refractivity contribution is -0.131. The van der Waals surface area contributed by atoms with Gasteiger partial charge in [-0.2, -0.15) is 0 Å². The third-order valence-corrected chi connectivity index (χ3v) is 2.18. The van der Waals surface area contributed by atoms with E-state index >= 15 is 0 Å². The Labute approximate surface area is 89.8 Å². The first-order valence-electron chi connectivity index (χ1n) is 3.49. The van der Waals surface area contributed by atoms with Crippen LogP contribution in [0.15, 0.2) is 33.6 Å². The molecule has 0 saturated heterocycles. The minimum atomic E-state index is -1.02. The maximum atomic E-state index is 10.4. The normalized spacial score (nSPS) is 11.4. The van der Waals surface area contributed by atoms with Crippen LogP contribution in [-0.2, 0) is 4.79 Å². The van der Waals surface area contributed by atoms with Crippen molar-refractivity contribution in [2.24, 2.45) is 0 Å². The lowest BCUT2D eigenvalue weighted by Gasteiger charge is -1.95. The summed E-state index contributed by atoms with van der Waals surface area (Å²) in [6.07, 6.45) is 1.50. The number of rotatable bonds is 2. The molecule has 68 valence electrons. The molecule has 1 aromatic rings. The van der Waals surface area contributed by atoms with Crippen LogP contribution in [0.3, 0.4) is 0 Å². The smallest absolute Gasteiger partial charge is 0.341 e. The molecule has 0 saturated carbocycles. The average molecular weight is 259 g/mol. The van der Waals surface area contributed by atoms with Gasteiger partial charge in [0.1, 0.15) is 0 Å². The SMILES string of the molecule is O=C(O)/C(S)=C/c1cccc(Br)c1. The lowest BCUT2D eigenvalue weighted by Crippen LogP contribution is -1.92. The molecule has 0 bridgehead atoms. The van der Waals surface area contributed by atoms with Gasteiger partial charge in [-0.15, -0.1) is 12.6 Å². The summed E-state index contributed by atoms with van der Waals surface area (Å²) in [6, 6.07) is 7.33. The second-order valence-corrected chi connectivity index (χ2v) is 3.79. The number of halogens is 1. The van der Waals surface area contributed by atoms with Crippen LogP contribution >= 0.6 is 28.6 Å².